The number of hydrogen-bond acceptors (Lipinski definition) is 5. The predicted molar refractivity (Wildman–Crippen MR) is 62.4 cm³/mol. The lowest BCUT2D eigenvalue weighted by Crippen LogP contribution is -2.01. The molecule has 0 saturated heterocycles. The van der Waals surface area contributed by atoms with Gasteiger partial charge in [0.05, 0.1) is 12.8 Å². The quantitative estimate of drug-likeness (QED) is 0.427. The molecule has 1 aromatic heterocycles. The van der Waals surface area contributed by atoms with Crippen LogP contribution in [0, 0.1) is 0 Å². The minimum Gasteiger partial charge on any atom is -0.465 e. The Kier molecular flexibility index (Phi) is 5.74. The fraction of sp³-hybridized carbons (Fsp3) is 0.333. The van der Waals surface area contributed by atoms with Crippen molar-refractivity contribution in [1.82, 2.24) is 4.98 Å². The Balaban J connectivity index is 2.72. The van der Waals surface area contributed by atoms with E-state index in [1.54, 1.807) is 31.5 Å². The first-order valence-electron chi connectivity index (χ1n) is 5.18. The van der Waals surface area contributed by atoms with E-state index in [1.165, 1.54) is 13.2 Å². The van der Waals surface area contributed by atoms with Gasteiger partial charge in [-0.15, -0.1) is 0 Å². The second kappa shape index (κ2) is 7.40. The average Bonchev–Trinajstić information content (AvgIpc) is 2.35. The van der Waals surface area contributed by atoms with Gasteiger partial charge in [-0.1, -0.05) is 0 Å². The summed E-state index contributed by atoms with van der Waals surface area (Å²) in [6.07, 6.45) is 6.14. The fourth-order valence-corrected chi connectivity index (χ4v) is 1.12. The molecule has 92 valence electrons. The monoisotopic (exact) mass is 237 g/mol. The maximum atomic E-state index is 11.2. The Bertz CT molecular complexity index is 390. The number of carbonyl (C=O) groups is 1. The maximum Gasteiger partial charge on any atom is 0.330 e. The van der Waals surface area contributed by atoms with Crippen LogP contribution in [0.1, 0.15) is 12.5 Å². The van der Waals surface area contributed by atoms with Gasteiger partial charge in [0.2, 0.25) is 0 Å². The van der Waals surface area contributed by atoms with E-state index in [4.69, 9.17) is 14.2 Å². The molecule has 0 fully saturated rings. The Morgan fingerprint density at radius 1 is 1.53 bits per heavy atom. The topological polar surface area (TPSA) is 57.7 Å². The van der Waals surface area contributed by atoms with Crippen molar-refractivity contribution < 1.29 is 19.0 Å². The van der Waals surface area contributed by atoms with E-state index < -0.39 is 0 Å². The molecular formula is C12H15NO4. The van der Waals surface area contributed by atoms with Crippen LogP contribution in [0.3, 0.4) is 0 Å². The van der Waals surface area contributed by atoms with Crippen LogP contribution >= 0.6 is 0 Å². The minimum absolute atomic E-state index is 0.131. The van der Waals surface area contributed by atoms with Crippen LogP contribution in [0.2, 0.25) is 0 Å². The summed E-state index contributed by atoms with van der Waals surface area (Å²) in [7, 11) is 1.53. The highest BCUT2D eigenvalue weighted by Crippen LogP contribution is 2.17. The highest BCUT2D eigenvalue weighted by molar-refractivity contribution is 5.87. The molecule has 17 heavy (non-hydrogen) atoms. The molecular weight excluding hydrogens is 222 g/mol. The number of aromatic nitrogens is 1. The summed E-state index contributed by atoms with van der Waals surface area (Å²) < 4.78 is 14.9. The first kappa shape index (κ1) is 13.2. The maximum absolute atomic E-state index is 11.2. The summed E-state index contributed by atoms with van der Waals surface area (Å²) in [5.74, 6) is 0.164. The first-order chi connectivity index (χ1) is 8.27. The smallest absolute Gasteiger partial charge is 0.330 e. The third-order valence-corrected chi connectivity index (χ3v) is 1.83. The third kappa shape index (κ3) is 4.65. The molecule has 1 heterocycles. The van der Waals surface area contributed by atoms with Gasteiger partial charge < -0.3 is 14.2 Å². The first-order valence-corrected chi connectivity index (χ1v) is 5.18. The summed E-state index contributed by atoms with van der Waals surface area (Å²) in [6.45, 7) is 2.24. The van der Waals surface area contributed by atoms with Crippen molar-refractivity contribution in [3.05, 3.63) is 30.1 Å². The average molecular weight is 237 g/mol. The zero-order valence-corrected chi connectivity index (χ0v) is 9.88. The molecule has 0 aromatic carbocycles. The molecule has 0 aliphatic heterocycles. The lowest BCUT2D eigenvalue weighted by atomic mass is 10.2. The molecule has 0 atom stereocenters. The molecule has 5 nitrogen and oxygen atoms in total. The van der Waals surface area contributed by atoms with E-state index in [0.29, 0.717) is 12.4 Å². The fourth-order valence-electron chi connectivity index (χ4n) is 1.12. The molecule has 5 heteroatoms. The predicted octanol–water partition coefficient (Wildman–Crippen LogP) is 1.64. The molecule has 0 spiro atoms. The summed E-state index contributed by atoms with van der Waals surface area (Å²) in [4.78, 5) is 15.1. The lowest BCUT2D eigenvalue weighted by Gasteiger charge is -2.06. The number of ether oxygens (including phenoxy) is 3. The molecule has 0 aliphatic carbocycles. The zero-order chi connectivity index (χ0) is 12.5. The van der Waals surface area contributed by atoms with E-state index in [9.17, 15) is 4.79 Å². The van der Waals surface area contributed by atoms with Crippen LogP contribution in [0.25, 0.3) is 6.08 Å². The number of hydrogen-bond donors (Lipinski definition) is 0. The van der Waals surface area contributed by atoms with Gasteiger partial charge >= 0.3 is 5.97 Å². The van der Waals surface area contributed by atoms with E-state index in [1.807, 2.05) is 0 Å². The van der Waals surface area contributed by atoms with E-state index >= 15 is 0 Å². The van der Waals surface area contributed by atoms with Crippen LogP contribution in [0.4, 0.5) is 0 Å². The van der Waals surface area contributed by atoms with Gasteiger partial charge in [-0.3, -0.25) is 4.98 Å². The van der Waals surface area contributed by atoms with Crippen LogP contribution in [0.15, 0.2) is 24.5 Å². The van der Waals surface area contributed by atoms with Gasteiger partial charge in [0.15, 0.2) is 6.79 Å². The van der Waals surface area contributed by atoms with Crippen LogP contribution < -0.4 is 4.74 Å². The SMILES string of the molecule is CCOC(=O)C=Cc1ccncc1OCOC. The molecule has 0 amide bonds. The summed E-state index contributed by atoms with van der Waals surface area (Å²) >= 11 is 0. The van der Waals surface area contributed by atoms with Crippen LogP contribution in [-0.4, -0.2) is 31.5 Å². The molecule has 0 saturated carbocycles. The van der Waals surface area contributed by atoms with Crippen molar-refractivity contribution in [2.45, 2.75) is 6.92 Å². The van der Waals surface area contributed by atoms with Crippen molar-refractivity contribution in [1.29, 1.82) is 0 Å². The van der Waals surface area contributed by atoms with Crippen molar-refractivity contribution in [2.75, 3.05) is 20.5 Å². The molecule has 1 rings (SSSR count). The largest absolute Gasteiger partial charge is 0.465 e. The third-order valence-electron chi connectivity index (χ3n) is 1.83. The minimum atomic E-state index is -0.387. The Hall–Kier alpha value is -1.88. The lowest BCUT2D eigenvalue weighted by molar-refractivity contribution is -0.137. The highest BCUT2D eigenvalue weighted by Gasteiger charge is 2.01. The number of carbonyl (C=O) groups excluding carboxylic acids is 1. The highest BCUT2D eigenvalue weighted by atomic mass is 16.7. The molecule has 1 aromatic rings. The molecule has 0 N–H and O–H groups in total. The van der Waals surface area contributed by atoms with E-state index in [-0.39, 0.29) is 12.8 Å². The summed E-state index contributed by atoms with van der Waals surface area (Å²) in [6, 6.07) is 1.74. The van der Waals surface area contributed by atoms with Gasteiger partial charge in [0.1, 0.15) is 5.75 Å². The van der Waals surface area contributed by atoms with E-state index in [0.717, 1.165) is 5.56 Å². The second-order valence-corrected chi connectivity index (χ2v) is 3.05. The molecule has 0 bridgehead atoms. The Morgan fingerprint density at radius 3 is 3.06 bits per heavy atom. The van der Waals surface area contributed by atoms with Crippen molar-refractivity contribution >= 4 is 12.0 Å². The number of nitrogens with zero attached hydrogens (tertiary/aromatic N) is 1. The van der Waals surface area contributed by atoms with Gasteiger partial charge in [0, 0.05) is 24.9 Å². The van der Waals surface area contributed by atoms with Crippen molar-refractivity contribution in [2.24, 2.45) is 0 Å². The van der Waals surface area contributed by atoms with Crippen LogP contribution in [0.5, 0.6) is 5.75 Å². The van der Waals surface area contributed by atoms with E-state index in [2.05, 4.69) is 4.98 Å². The van der Waals surface area contributed by atoms with Crippen molar-refractivity contribution in [3.63, 3.8) is 0 Å². The number of pyridine rings is 1. The second-order valence-electron chi connectivity index (χ2n) is 3.05. The Labute approximate surface area is 100 Å². The van der Waals surface area contributed by atoms with Gasteiger partial charge in [0.25, 0.3) is 0 Å². The number of rotatable bonds is 6. The standard InChI is InChI=1S/C12H15NO4/c1-3-16-12(14)5-4-10-6-7-13-8-11(10)17-9-15-2/h4-8H,3,9H2,1-2H3. The normalized spacial score (nSPS) is 10.5. The zero-order valence-electron chi connectivity index (χ0n) is 9.88. The summed E-state index contributed by atoms with van der Waals surface area (Å²) in [5, 5.41) is 0. The Morgan fingerprint density at radius 2 is 2.35 bits per heavy atom. The van der Waals surface area contributed by atoms with Crippen molar-refractivity contribution in [3.8, 4) is 5.75 Å². The van der Waals surface area contributed by atoms with Gasteiger partial charge in [-0.2, -0.15) is 0 Å². The number of esters is 1. The molecule has 0 unspecified atom stereocenters. The molecule has 0 radical (unpaired) electrons. The summed E-state index contributed by atoms with van der Waals surface area (Å²) in [5.41, 5.74) is 0.741. The number of methoxy groups -OCH3 is 1. The van der Waals surface area contributed by atoms with Crippen LogP contribution in [-0.2, 0) is 14.3 Å². The van der Waals surface area contributed by atoms with Gasteiger partial charge in [-0.25, -0.2) is 4.79 Å². The molecule has 0 aliphatic rings. The van der Waals surface area contributed by atoms with Gasteiger partial charge in [-0.05, 0) is 19.1 Å².